The molecule has 0 spiro atoms. The molecule has 1 fully saturated rings. The molecule has 1 atom stereocenters. The number of para-hydroxylation sites is 1. The number of carbonyl (C=O) groups is 2. The third-order valence-electron chi connectivity index (χ3n) is 4.75. The van der Waals surface area contributed by atoms with E-state index in [2.05, 4.69) is 5.32 Å². The van der Waals surface area contributed by atoms with Crippen LogP contribution in [0, 0.1) is 0 Å². The number of benzene rings is 1. The van der Waals surface area contributed by atoms with E-state index in [9.17, 15) is 9.59 Å². The summed E-state index contributed by atoms with van der Waals surface area (Å²) in [6.45, 7) is 1.77. The maximum absolute atomic E-state index is 12.3. The highest BCUT2D eigenvalue weighted by Crippen LogP contribution is 2.26. The lowest BCUT2D eigenvalue weighted by atomic mass is 10.1. The van der Waals surface area contributed by atoms with Crippen LogP contribution in [0.4, 0.5) is 0 Å². The molecule has 1 aliphatic carbocycles. The Bertz CT molecular complexity index is 659. The quantitative estimate of drug-likeness (QED) is 0.673. The Hall–Kier alpha value is -2.30. The van der Waals surface area contributed by atoms with Crippen LogP contribution in [0.5, 0.6) is 5.75 Å². The van der Waals surface area contributed by atoms with E-state index in [1.165, 1.54) is 12.8 Å². The van der Waals surface area contributed by atoms with Gasteiger partial charge in [-0.15, -0.1) is 0 Å². The molecule has 0 bridgehead atoms. The number of amides is 1. The molecule has 0 unspecified atom stereocenters. The molecule has 5 heteroatoms. The van der Waals surface area contributed by atoms with Crippen molar-refractivity contribution >= 4 is 18.0 Å². The van der Waals surface area contributed by atoms with Crippen LogP contribution in [0.2, 0.25) is 0 Å². The molecule has 1 amide bonds. The highest BCUT2D eigenvalue weighted by Gasteiger charge is 2.25. The van der Waals surface area contributed by atoms with E-state index in [0.29, 0.717) is 5.57 Å². The first-order chi connectivity index (χ1) is 12.1. The minimum absolute atomic E-state index is 0.160. The molecular weight excluding hydrogens is 318 g/mol. The average Bonchev–Trinajstić information content (AvgIpc) is 2.89. The van der Waals surface area contributed by atoms with Crippen LogP contribution >= 0.6 is 0 Å². The molecule has 0 saturated heterocycles. The van der Waals surface area contributed by atoms with Gasteiger partial charge in [0.25, 0.3) is 5.91 Å². The van der Waals surface area contributed by atoms with Gasteiger partial charge in [-0.1, -0.05) is 43.9 Å². The van der Waals surface area contributed by atoms with Crippen molar-refractivity contribution in [2.75, 3.05) is 6.61 Å². The summed E-state index contributed by atoms with van der Waals surface area (Å²) in [6.07, 6.45) is 7.69. The summed E-state index contributed by atoms with van der Waals surface area (Å²) in [7, 11) is 0. The van der Waals surface area contributed by atoms with E-state index in [-0.39, 0.29) is 18.6 Å². The summed E-state index contributed by atoms with van der Waals surface area (Å²) in [5.41, 5.74) is 1.27. The molecule has 1 aliphatic heterocycles. The number of hydrogen-bond donors (Lipinski definition) is 1. The zero-order chi connectivity index (χ0) is 17.6. The average molecular weight is 343 g/mol. The van der Waals surface area contributed by atoms with Crippen molar-refractivity contribution in [2.24, 2.45) is 0 Å². The van der Waals surface area contributed by atoms with Crippen molar-refractivity contribution in [2.45, 2.75) is 57.6 Å². The van der Waals surface area contributed by atoms with Crippen LogP contribution in [-0.2, 0) is 14.3 Å². The van der Waals surface area contributed by atoms with Gasteiger partial charge in [0, 0.05) is 11.6 Å². The topological polar surface area (TPSA) is 64.6 Å². The normalized spacial score (nSPS) is 18.8. The molecule has 1 aromatic rings. The molecule has 25 heavy (non-hydrogen) atoms. The van der Waals surface area contributed by atoms with Gasteiger partial charge in [-0.25, -0.2) is 4.79 Å². The van der Waals surface area contributed by atoms with Crippen LogP contribution < -0.4 is 10.1 Å². The summed E-state index contributed by atoms with van der Waals surface area (Å²) < 4.78 is 10.9. The molecule has 2 aliphatic rings. The molecule has 1 heterocycles. The summed E-state index contributed by atoms with van der Waals surface area (Å²) in [5, 5.41) is 3.02. The molecule has 0 radical (unpaired) electrons. The maximum atomic E-state index is 12.3. The predicted molar refractivity (Wildman–Crippen MR) is 95.1 cm³/mol. The zero-order valence-electron chi connectivity index (χ0n) is 14.6. The second-order valence-corrected chi connectivity index (χ2v) is 6.74. The molecule has 3 rings (SSSR count). The lowest BCUT2D eigenvalue weighted by molar-refractivity contribution is -0.151. The number of hydrogen-bond acceptors (Lipinski definition) is 4. The minimum atomic E-state index is -0.811. The highest BCUT2D eigenvalue weighted by molar-refractivity contribution is 5.96. The SMILES string of the molecule is C[C@H](OC(=O)C1=Cc2ccccc2OC1)C(=O)NC1CCCCCC1. The van der Waals surface area contributed by atoms with Gasteiger partial charge in [-0.2, -0.15) is 0 Å². The van der Waals surface area contributed by atoms with Gasteiger partial charge < -0.3 is 14.8 Å². The van der Waals surface area contributed by atoms with Crippen LogP contribution in [0.25, 0.3) is 6.08 Å². The summed E-state index contributed by atoms with van der Waals surface area (Å²) in [5.74, 6) is 0.0224. The van der Waals surface area contributed by atoms with Crippen molar-refractivity contribution in [3.63, 3.8) is 0 Å². The Kier molecular flexibility index (Phi) is 5.74. The first-order valence-corrected chi connectivity index (χ1v) is 9.07. The van der Waals surface area contributed by atoms with E-state index < -0.39 is 12.1 Å². The standard InChI is InChI=1S/C20H25NO4/c1-14(19(22)21-17-9-4-2-3-5-10-17)25-20(23)16-12-15-8-6-7-11-18(15)24-13-16/h6-8,11-12,14,17H,2-5,9-10,13H2,1H3,(H,21,22)/t14-/m0/s1. The number of nitrogens with one attached hydrogen (secondary N) is 1. The fourth-order valence-corrected chi connectivity index (χ4v) is 3.27. The fraction of sp³-hybridized carbons (Fsp3) is 0.500. The Morgan fingerprint density at radius 3 is 2.64 bits per heavy atom. The van der Waals surface area contributed by atoms with Crippen molar-refractivity contribution in [1.29, 1.82) is 0 Å². The van der Waals surface area contributed by atoms with Gasteiger partial charge in [-0.05, 0) is 31.9 Å². The number of fused-ring (bicyclic) bond motifs is 1. The molecule has 5 nitrogen and oxygen atoms in total. The van der Waals surface area contributed by atoms with Gasteiger partial charge in [0.1, 0.15) is 12.4 Å². The van der Waals surface area contributed by atoms with Crippen molar-refractivity contribution in [3.8, 4) is 5.75 Å². The summed E-state index contributed by atoms with van der Waals surface area (Å²) >= 11 is 0. The predicted octanol–water partition coefficient (Wildman–Crippen LogP) is 3.23. The van der Waals surface area contributed by atoms with Gasteiger partial charge in [-0.3, -0.25) is 4.79 Å². The third-order valence-corrected chi connectivity index (χ3v) is 4.75. The minimum Gasteiger partial charge on any atom is -0.488 e. The monoisotopic (exact) mass is 343 g/mol. The van der Waals surface area contributed by atoms with Gasteiger partial charge in [0.05, 0.1) is 5.57 Å². The van der Waals surface area contributed by atoms with E-state index in [1.54, 1.807) is 13.0 Å². The molecule has 134 valence electrons. The lowest BCUT2D eigenvalue weighted by Crippen LogP contribution is -2.42. The lowest BCUT2D eigenvalue weighted by Gasteiger charge is -2.21. The number of esters is 1. The van der Waals surface area contributed by atoms with E-state index in [4.69, 9.17) is 9.47 Å². The largest absolute Gasteiger partial charge is 0.488 e. The number of ether oxygens (including phenoxy) is 2. The van der Waals surface area contributed by atoms with Crippen LogP contribution in [0.3, 0.4) is 0 Å². The van der Waals surface area contributed by atoms with Crippen molar-refractivity contribution in [3.05, 3.63) is 35.4 Å². The number of rotatable bonds is 4. The van der Waals surface area contributed by atoms with Crippen LogP contribution in [0.1, 0.15) is 51.0 Å². The van der Waals surface area contributed by atoms with Crippen molar-refractivity contribution < 1.29 is 19.1 Å². The van der Waals surface area contributed by atoms with Crippen molar-refractivity contribution in [1.82, 2.24) is 5.32 Å². The maximum Gasteiger partial charge on any atom is 0.338 e. The molecule has 1 N–H and O–H groups in total. The van der Waals surface area contributed by atoms with Gasteiger partial charge in [0.15, 0.2) is 6.10 Å². The number of carbonyl (C=O) groups excluding carboxylic acids is 2. The van der Waals surface area contributed by atoms with E-state index in [0.717, 1.165) is 37.0 Å². The van der Waals surface area contributed by atoms with Gasteiger partial charge >= 0.3 is 5.97 Å². The Labute approximate surface area is 148 Å². The van der Waals surface area contributed by atoms with Crippen LogP contribution in [-0.4, -0.2) is 30.6 Å². The van der Waals surface area contributed by atoms with E-state index >= 15 is 0 Å². The first-order valence-electron chi connectivity index (χ1n) is 9.07. The van der Waals surface area contributed by atoms with Crippen LogP contribution in [0.15, 0.2) is 29.8 Å². The second kappa shape index (κ2) is 8.19. The molecular formula is C20H25NO4. The summed E-state index contributed by atoms with van der Waals surface area (Å²) in [6, 6.07) is 7.70. The second-order valence-electron chi connectivity index (χ2n) is 6.74. The molecule has 1 saturated carbocycles. The highest BCUT2D eigenvalue weighted by atomic mass is 16.6. The smallest absolute Gasteiger partial charge is 0.338 e. The molecule has 1 aromatic carbocycles. The molecule has 0 aromatic heterocycles. The van der Waals surface area contributed by atoms with Gasteiger partial charge in [0.2, 0.25) is 0 Å². The Morgan fingerprint density at radius 1 is 1.16 bits per heavy atom. The Balaban J connectivity index is 1.55. The Morgan fingerprint density at radius 2 is 1.88 bits per heavy atom. The zero-order valence-corrected chi connectivity index (χ0v) is 14.6. The fourth-order valence-electron chi connectivity index (χ4n) is 3.27. The first kappa shape index (κ1) is 17.5. The van der Waals surface area contributed by atoms with E-state index in [1.807, 2.05) is 24.3 Å². The third kappa shape index (κ3) is 4.62. The summed E-state index contributed by atoms with van der Waals surface area (Å²) in [4.78, 5) is 24.6.